The number of carbonyl (C=O) groups excluding carboxylic acids is 1. The molecule has 0 radical (unpaired) electrons. The van der Waals surface area contributed by atoms with Gasteiger partial charge in [-0.3, -0.25) is 9.59 Å². The molecule has 7 heteroatoms. The number of carboxylic acid groups (broad SMARTS) is 1. The SMILES string of the molecule is CC(C)CN(CCC(=O)O)C(=O)CC(c1ccccc1)C(F)(F)F. The first-order valence-electron chi connectivity index (χ1n) is 7.72. The summed E-state index contributed by atoms with van der Waals surface area (Å²) in [4.78, 5) is 24.3. The van der Waals surface area contributed by atoms with Crippen LogP contribution in [0.5, 0.6) is 0 Å². The lowest BCUT2D eigenvalue weighted by atomic mass is 9.94. The van der Waals surface area contributed by atoms with Crippen LogP contribution < -0.4 is 0 Å². The summed E-state index contributed by atoms with van der Waals surface area (Å²) < 4.78 is 40.0. The molecule has 4 nitrogen and oxygen atoms in total. The molecule has 134 valence electrons. The second-order valence-electron chi connectivity index (χ2n) is 6.09. The maximum atomic E-state index is 13.3. The number of hydrogen-bond donors (Lipinski definition) is 1. The summed E-state index contributed by atoms with van der Waals surface area (Å²) in [6, 6.07) is 7.28. The normalized spacial score (nSPS) is 12.9. The molecule has 1 rings (SSSR count). The highest BCUT2D eigenvalue weighted by atomic mass is 19.4. The van der Waals surface area contributed by atoms with Crippen molar-refractivity contribution in [3.63, 3.8) is 0 Å². The van der Waals surface area contributed by atoms with E-state index in [0.29, 0.717) is 0 Å². The number of halogens is 3. The summed E-state index contributed by atoms with van der Waals surface area (Å²) >= 11 is 0. The average molecular weight is 345 g/mol. The maximum Gasteiger partial charge on any atom is 0.396 e. The summed E-state index contributed by atoms with van der Waals surface area (Å²) in [7, 11) is 0. The third-order valence-corrected chi connectivity index (χ3v) is 3.51. The van der Waals surface area contributed by atoms with Gasteiger partial charge in [-0.2, -0.15) is 13.2 Å². The van der Waals surface area contributed by atoms with Gasteiger partial charge in [-0.25, -0.2) is 0 Å². The molecule has 0 fully saturated rings. The van der Waals surface area contributed by atoms with E-state index in [0.717, 1.165) is 0 Å². The van der Waals surface area contributed by atoms with E-state index >= 15 is 0 Å². The molecule has 1 amide bonds. The van der Waals surface area contributed by atoms with Crippen LogP contribution in [0.2, 0.25) is 0 Å². The van der Waals surface area contributed by atoms with E-state index in [9.17, 15) is 22.8 Å². The van der Waals surface area contributed by atoms with Crippen LogP contribution in [-0.2, 0) is 9.59 Å². The van der Waals surface area contributed by atoms with E-state index in [4.69, 9.17) is 5.11 Å². The summed E-state index contributed by atoms with van der Waals surface area (Å²) in [5.41, 5.74) is 0.0288. The van der Waals surface area contributed by atoms with Gasteiger partial charge >= 0.3 is 12.1 Å². The minimum atomic E-state index is -4.55. The lowest BCUT2D eigenvalue weighted by molar-refractivity contribution is -0.161. The highest BCUT2D eigenvalue weighted by Gasteiger charge is 2.42. The van der Waals surface area contributed by atoms with Gasteiger partial charge in [0.1, 0.15) is 0 Å². The van der Waals surface area contributed by atoms with Crippen LogP contribution in [0.3, 0.4) is 0 Å². The van der Waals surface area contributed by atoms with Crippen molar-refractivity contribution < 1.29 is 27.9 Å². The zero-order chi connectivity index (χ0) is 18.3. The van der Waals surface area contributed by atoms with Crippen molar-refractivity contribution in [3.05, 3.63) is 35.9 Å². The van der Waals surface area contributed by atoms with E-state index < -0.39 is 30.4 Å². The molecule has 0 saturated carbocycles. The third kappa shape index (κ3) is 6.60. The Hall–Kier alpha value is -2.05. The summed E-state index contributed by atoms with van der Waals surface area (Å²) in [5, 5.41) is 8.75. The Morgan fingerprint density at radius 3 is 2.21 bits per heavy atom. The Balaban J connectivity index is 2.93. The standard InChI is InChI=1S/C17H22F3NO3/c1-12(2)11-21(9-8-16(23)24)15(22)10-14(17(18,19)20)13-6-4-3-5-7-13/h3-7,12,14H,8-11H2,1-2H3,(H,23,24). The fourth-order valence-corrected chi connectivity index (χ4v) is 2.40. The van der Waals surface area contributed by atoms with Gasteiger partial charge in [-0.05, 0) is 11.5 Å². The predicted molar refractivity (Wildman–Crippen MR) is 83.5 cm³/mol. The molecule has 0 aliphatic rings. The van der Waals surface area contributed by atoms with Crippen molar-refractivity contribution in [1.29, 1.82) is 0 Å². The topological polar surface area (TPSA) is 57.6 Å². The summed E-state index contributed by atoms with van der Waals surface area (Å²) in [6.07, 6.45) is -5.56. The minimum absolute atomic E-state index is 0.0288. The molecule has 0 saturated heterocycles. The predicted octanol–water partition coefficient (Wildman–Crippen LogP) is 3.68. The Morgan fingerprint density at radius 1 is 1.17 bits per heavy atom. The van der Waals surface area contributed by atoms with Crippen molar-refractivity contribution in [2.75, 3.05) is 13.1 Å². The largest absolute Gasteiger partial charge is 0.481 e. The van der Waals surface area contributed by atoms with E-state index in [2.05, 4.69) is 0 Å². The number of rotatable bonds is 8. The number of nitrogens with zero attached hydrogens (tertiary/aromatic N) is 1. The molecule has 0 aromatic heterocycles. The number of aliphatic carboxylic acids is 1. The first-order valence-corrected chi connectivity index (χ1v) is 7.72. The smallest absolute Gasteiger partial charge is 0.396 e. The Bertz CT molecular complexity index is 544. The van der Waals surface area contributed by atoms with Gasteiger partial charge in [0.2, 0.25) is 5.91 Å². The summed E-state index contributed by atoms with van der Waals surface area (Å²) in [6.45, 7) is 3.77. The van der Waals surface area contributed by atoms with Crippen LogP contribution >= 0.6 is 0 Å². The number of carboxylic acids is 1. The van der Waals surface area contributed by atoms with Gasteiger partial charge in [-0.15, -0.1) is 0 Å². The molecule has 0 aliphatic carbocycles. The molecule has 1 unspecified atom stereocenters. The molecule has 24 heavy (non-hydrogen) atoms. The molecular weight excluding hydrogens is 323 g/mol. The van der Waals surface area contributed by atoms with Gasteiger partial charge in [0.15, 0.2) is 0 Å². The number of alkyl halides is 3. The van der Waals surface area contributed by atoms with Crippen molar-refractivity contribution in [2.24, 2.45) is 5.92 Å². The van der Waals surface area contributed by atoms with Gasteiger partial charge in [0.05, 0.1) is 12.3 Å². The minimum Gasteiger partial charge on any atom is -0.481 e. The molecular formula is C17H22F3NO3. The molecule has 0 heterocycles. The third-order valence-electron chi connectivity index (χ3n) is 3.51. The van der Waals surface area contributed by atoms with Crippen LogP contribution in [0.4, 0.5) is 13.2 Å². The Kier molecular flexibility index (Phi) is 7.25. The molecule has 0 spiro atoms. The van der Waals surface area contributed by atoms with Crippen molar-refractivity contribution in [2.45, 2.75) is 38.8 Å². The van der Waals surface area contributed by atoms with Gasteiger partial charge in [0.25, 0.3) is 0 Å². The molecule has 1 aromatic carbocycles. The fourth-order valence-electron chi connectivity index (χ4n) is 2.40. The Labute approximate surface area is 139 Å². The quantitative estimate of drug-likeness (QED) is 0.782. The second kappa shape index (κ2) is 8.70. The highest BCUT2D eigenvalue weighted by molar-refractivity contribution is 5.78. The van der Waals surface area contributed by atoms with Crippen LogP contribution in [0.15, 0.2) is 30.3 Å². The highest BCUT2D eigenvalue weighted by Crippen LogP contribution is 2.37. The molecule has 1 aromatic rings. The first kappa shape index (κ1) is 20.0. The molecule has 0 bridgehead atoms. The monoisotopic (exact) mass is 345 g/mol. The number of carbonyl (C=O) groups is 2. The van der Waals surface area contributed by atoms with E-state index in [1.54, 1.807) is 6.07 Å². The lowest BCUT2D eigenvalue weighted by Crippen LogP contribution is -2.38. The van der Waals surface area contributed by atoms with E-state index in [-0.39, 0.29) is 31.0 Å². The van der Waals surface area contributed by atoms with Gasteiger partial charge in [0, 0.05) is 19.5 Å². The van der Waals surface area contributed by atoms with Crippen LogP contribution in [-0.4, -0.2) is 41.1 Å². The first-order chi connectivity index (χ1) is 11.1. The Morgan fingerprint density at radius 2 is 1.75 bits per heavy atom. The maximum absolute atomic E-state index is 13.3. The lowest BCUT2D eigenvalue weighted by Gasteiger charge is -2.27. The van der Waals surface area contributed by atoms with Crippen LogP contribution in [0, 0.1) is 5.92 Å². The van der Waals surface area contributed by atoms with Crippen molar-refractivity contribution in [1.82, 2.24) is 4.90 Å². The van der Waals surface area contributed by atoms with Gasteiger partial charge in [-0.1, -0.05) is 44.2 Å². The number of benzene rings is 1. The van der Waals surface area contributed by atoms with Crippen molar-refractivity contribution >= 4 is 11.9 Å². The van der Waals surface area contributed by atoms with E-state index in [1.165, 1.54) is 29.2 Å². The van der Waals surface area contributed by atoms with Crippen molar-refractivity contribution in [3.8, 4) is 0 Å². The van der Waals surface area contributed by atoms with Crippen LogP contribution in [0.25, 0.3) is 0 Å². The van der Waals surface area contributed by atoms with E-state index in [1.807, 2.05) is 13.8 Å². The number of hydrogen-bond acceptors (Lipinski definition) is 2. The number of amides is 1. The molecule has 1 N–H and O–H groups in total. The molecule has 0 aliphatic heterocycles. The van der Waals surface area contributed by atoms with Crippen LogP contribution in [0.1, 0.15) is 38.2 Å². The second-order valence-corrected chi connectivity index (χ2v) is 6.09. The zero-order valence-electron chi connectivity index (χ0n) is 13.7. The zero-order valence-corrected chi connectivity index (χ0v) is 13.7. The fraction of sp³-hybridized carbons (Fsp3) is 0.529. The van der Waals surface area contributed by atoms with Gasteiger partial charge < -0.3 is 10.0 Å². The summed E-state index contributed by atoms with van der Waals surface area (Å²) in [5.74, 6) is -3.64. The average Bonchev–Trinajstić information content (AvgIpc) is 2.48. The molecule has 1 atom stereocenters.